The van der Waals surface area contributed by atoms with Crippen LogP contribution in [-0.4, -0.2) is 14.6 Å². The van der Waals surface area contributed by atoms with E-state index in [0.717, 1.165) is 22.3 Å². The zero-order valence-corrected chi connectivity index (χ0v) is 16.6. The summed E-state index contributed by atoms with van der Waals surface area (Å²) in [5.41, 5.74) is 5.22. The third-order valence-electron chi connectivity index (χ3n) is 4.77. The molecule has 0 saturated carbocycles. The zero-order chi connectivity index (χ0) is 19.8. The lowest BCUT2D eigenvalue weighted by molar-refractivity contribution is 0.936. The Morgan fingerprint density at radius 3 is 2.31 bits per heavy atom. The van der Waals surface area contributed by atoms with Crippen molar-refractivity contribution >= 4 is 22.4 Å². The van der Waals surface area contributed by atoms with Crippen molar-refractivity contribution in [3.05, 3.63) is 105 Å². The molecular weight excluding hydrogens is 378 g/mol. The molecule has 0 aliphatic carbocycles. The van der Waals surface area contributed by atoms with Gasteiger partial charge in [0.15, 0.2) is 5.82 Å². The monoisotopic (exact) mass is 395 g/mol. The maximum absolute atomic E-state index is 12.8. The quantitative estimate of drug-likeness (QED) is 0.457. The summed E-state index contributed by atoms with van der Waals surface area (Å²) in [7, 11) is 0. The average Bonchev–Trinajstić information content (AvgIpc) is 3.29. The van der Waals surface area contributed by atoms with Gasteiger partial charge in [-0.3, -0.25) is 4.79 Å². The SMILES string of the molecule is Cc1cccc(-c2nc3s/c(=C\c4ccc(-c5ccccc5)cc4)c(=O)n3n2)c1. The van der Waals surface area contributed by atoms with E-state index < -0.39 is 0 Å². The summed E-state index contributed by atoms with van der Waals surface area (Å²) >= 11 is 1.36. The Balaban J connectivity index is 1.50. The number of rotatable bonds is 3. The maximum Gasteiger partial charge on any atom is 0.291 e. The molecule has 0 radical (unpaired) electrons. The van der Waals surface area contributed by atoms with E-state index in [2.05, 4.69) is 34.3 Å². The van der Waals surface area contributed by atoms with Crippen LogP contribution in [-0.2, 0) is 0 Å². The van der Waals surface area contributed by atoms with E-state index in [4.69, 9.17) is 0 Å². The molecule has 0 N–H and O–H groups in total. The molecule has 0 atom stereocenters. The number of nitrogens with zero attached hydrogens (tertiary/aromatic N) is 3. The molecule has 5 heteroatoms. The van der Waals surface area contributed by atoms with Gasteiger partial charge in [-0.1, -0.05) is 89.7 Å². The molecule has 3 aromatic carbocycles. The van der Waals surface area contributed by atoms with E-state index in [9.17, 15) is 4.79 Å². The number of fused-ring (bicyclic) bond motifs is 1. The number of thiazole rings is 1. The molecule has 0 bridgehead atoms. The molecule has 2 aromatic heterocycles. The molecule has 0 spiro atoms. The van der Waals surface area contributed by atoms with Gasteiger partial charge in [0.05, 0.1) is 4.53 Å². The number of aromatic nitrogens is 3. The van der Waals surface area contributed by atoms with Crippen LogP contribution in [0.1, 0.15) is 11.1 Å². The molecule has 4 nitrogen and oxygen atoms in total. The largest absolute Gasteiger partial charge is 0.291 e. The molecule has 140 valence electrons. The van der Waals surface area contributed by atoms with E-state index in [1.165, 1.54) is 21.4 Å². The molecule has 0 amide bonds. The van der Waals surface area contributed by atoms with Crippen LogP contribution in [0.4, 0.5) is 0 Å². The van der Waals surface area contributed by atoms with Crippen molar-refractivity contribution in [3.8, 4) is 22.5 Å². The fourth-order valence-electron chi connectivity index (χ4n) is 3.29. The van der Waals surface area contributed by atoms with Gasteiger partial charge in [-0.2, -0.15) is 9.50 Å². The first-order valence-electron chi connectivity index (χ1n) is 9.31. The molecule has 0 saturated heterocycles. The fraction of sp³-hybridized carbons (Fsp3) is 0.0417. The first-order valence-corrected chi connectivity index (χ1v) is 10.1. The molecule has 29 heavy (non-hydrogen) atoms. The van der Waals surface area contributed by atoms with Gasteiger partial charge < -0.3 is 0 Å². The number of hydrogen-bond donors (Lipinski definition) is 0. The van der Waals surface area contributed by atoms with Crippen LogP contribution in [0, 0.1) is 6.92 Å². The third kappa shape index (κ3) is 3.37. The highest BCUT2D eigenvalue weighted by Crippen LogP contribution is 2.20. The summed E-state index contributed by atoms with van der Waals surface area (Å²) in [4.78, 5) is 17.9. The number of aryl methyl sites for hydroxylation is 1. The first kappa shape index (κ1) is 17.5. The molecule has 0 fully saturated rings. The van der Waals surface area contributed by atoms with Crippen LogP contribution in [0.5, 0.6) is 0 Å². The lowest BCUT2D eigenvalue weighted by atomic mass is 10.0. The zero-order valence-electron chi connectivity index (χ0n) is 15.7. The number of hydrogen-bond acceptors (Lipinski definition) is 4. The van der Waals surface area contributed by atoms with E-state index in [1.807, 2.05) is 67.6 Å². The van der Waals surface area contributed by atoms with Crippen molar-refractivity contribution in [2.75, 3.05) is 0 Å². The van der Waals surface area contributed by atoms with Gasteiger partial charge in [0.1, 0.15) is 0 Å². The Hall–Kier alpha value is -3.57. The summed E-state index contributed by atoms with van der Waals surface area (Å²) in [5, 5.41) is 4.42. The highest BCUT2D eigenvalue weighted by Gasteiger charge is 2.12. The van der Waals surface area contributed by atoms with Crippen LogP contribution in [0.2, 0.25) is 0 Å². The molecule has 0 unspecified atom stereocenters. The van der Waals surface area contributed by atoms with Crippen molar-refractivity contribution in [1.29, 1.82) is 0 Å². The normalized spacial score (nSPS) is 12.0. The van der Waals surface area contributed by atoms with Gasteiger partial charge in [0, 0.05) is 5.56 Å². The molecule has 5 rings (SSSR count). The number of benzene rings is 3. The van der Waals surface area contributed by atoms with Crippen molar-refractivity contribution in [2.24, 2.45) is 0 Å². The highest BCUT2D eigenvalue weighted by molar-refractivity contribution is 7.15. The van der Waals surface area contributed by atoms with E-state index in [0.29, 0.717) is 15.3 Å². The van der Waals surface area contributed by atoms with Crippen molar-refractivity contribution in [2.45, 2.75) is 6.92 Å². The van der Waals surface area contributed by atoms with Gasteiger partial charge in [-0.25, -0.2) is 0 Å². The Morgan fingerprint density at radius 1 is 0.862 bits per heavy atom. The summed E-state index contributed by atoms with van der Waals surface area (Å²) < 4.78 is 2.02. The predicted molar refractivity (Wildman–Crippen MR) is 118 cm³/mol. The Morgan fingerprint density at radius 2 is 1.59 bits per heavy atom. The van der Waals surface area contributed by atoms with Crippen LogP contribution in [0.25, 0.3) is 33.6 Å². The summed E-state index contributed by atoms with van der Waals surface area (Å²) in [6, 6.07) is 26.4. The smallest absolute Gasteiger partial charge is 0.266 e. The van der Waals surface area contributed by atoms with Gasteiger partial charge in [-0.05, 0) is 35.8 Å². The van der Waals surface area contributed by atoms with Crippen LogP contribution >= 0.6 is 11.3 Å². The maximum atomic E-state index is 12.8. The second kappa shape index (κ2) is 7.11. The Kier molecular flexibility index (Phi) is 4.30. The Labute approximate surface area is 171 Å². The van der Waals surface area contributed by atoms with Gasteiger partial charge in [0.25, 0.3) is 5.56 Å². The molecule has 0 aliphatic heterocycles. The van der Waals surface area contributed by atoms with E-state index in [1.54, 1.807) is 0 Å². The molecule has 2 heterocycles. The van der Waals surface area contributed by atoms with E-state index in [-0.39, 0.29) is 5.56 Å². The van der Waals surface area contributed by atoms with Crippen molar-refractivity contribution in [1.82, 2.24) is 14.6 Å². The molecule has 5 aromatic rings. The summed E-state index contributed by atoms with van der Waals surface area (Å²) in [6.07, 6.45) is 1.89. The third-order valence-corrected chi connectivity index (χ3v) is 5.73. The predicted octanol–water partition coefficient (Wildman–Crippen LogP) is 4.34. The second-order valence-corrected chi connectivity index (χ2v) is 7.91. The van der Waals surface area contributed by atoms with Crippen molar-refractivity contribution < 1.29 is 0 Å². The lowest BCUT2D eigenvalue weighted by Crippen LogP contribution is -2.23. The van der Waals surface area contributed by atoms with Crippen LogP contribution in [0.3, 0.4) is 0 Å². The summed E-state index contributed by atoms with van der Waals surface area (Å²) in [5.74, 6) is 0.579. The van der Waals surface area contributed by atoms with Crippen molar-refractivity contribution in [3.63, 3.8) is 0 Å². The minimum atomic E-state index is -0.136. The minimum absolute atomic E-state index is 0.136. The standard InChI is InChI=1S/C24H17N3OS/c1-16-6-5-9-20(14-16)22-25-24-27(26-22)23(28)21(29-24)15-17-10-12-19(13-11-17)18-7-3-2-4-8-18/h2-15H,1H3/b21-15-. The minimum Gasteiger partial charge on any atom is -0.266 e. The second-order valence-electron chi connectivity index (χ2n) is 6.90. The van der Waals surface area contributed by atoms with E-state index >= 15 is 0 Å². The Bertz CT molecular complexity index is 1420. The average molecular weight is 395 g/mol. The van der Waals surface area contributed by atoms with Gasteiger partial charge in [-0.15, -0.1) is 5.10 Å². The van der Waals surface area contributed by atoms with Crippen LogP contribution < -0.4 is 10.1 Å². The first-order chi connectivity index (χ1) is 14.2. The fourth-order valence-corrected chi connectivity index (χ4v) is 4.20. The topological polar surface area (TPSA) is 47.3 Å². The van der Waals surface area contributed by atoms with Gasteiger partial charge >= 0.3 is 0 Å². The lowest BCUT2D eigenvalue weighted by Gasteiger charge is -2.01. The molecule has 0 aliphatic rings. The summed E-state index contributed by atoms with van der Waals surface area (Å²) in [6.45, 7) is 2.02. The highest BCUT2D eigenvalue weighted by atomic mass is 32.1. The van der Waals surface area contributed by atoms with Gasteiger partial charge in [0.2, 0.25) is 4.96 Å². The van der Waals surface area contributed by atoms with Crippen LogP contribution in [0.15, 0.2) is 83.7 Å². The molecular formula is C24H17N3OS.